The number of hydrogen-bond acceptors (Lipinski definition) is 5. The molecule has 3 amide bonds. The van der Waals surface area contributed by atoms with Gasteiger partial charge in [-0.2, -0.15) is 0 Å². The Morgan fingerprint density at radius 2 is 1.70 bits per heavy atom. The van der Waals surface area contributed by atoms with E-state index in [1.165, 1.54) is 44.4 Å². The van der Waals surface area contributed by atoms with E-state index in [9.17, 15) is 27.2 Å². The van der Waals surface area contributed by atoms with Gasteiger partial charge in [-0.25, -0.2) is 17.1 Å². The Bertz CT molecular complexity index is 1120. The third kappa shape index (κ3) is 4.24. The number of sulfonamides is 1. The van der Waals surface area contributed by atoms with E-state index in [1.54, 1.807) is 0 Å². The van der Waals surface area contributed by atoms with E-state index < -0.39 is 27.7 Å². The molecule has 1 heterocycles. The molecule has 0 aliphatic carbocycles. The van der Waals surface area contributed by atoms with Crippen LogP contribution in [0.15, 0.2) is 47.4 Å². The number of benzene rings is 2. The Morgan fingerprint density at radius 1 is 1.07 bits per heavy atom. The molecule has 0 bridgehead atoms. The van der Waals surface area contributed by atoms with Crippen LogP contribution in [0.3, 0.4) is 0 Å². The van der Waals surface area contributed by atoms with Gasteiger partial charge in [0.05, 0.1) is 16.0 Å². The van der Waals surface area contributed by atoms with E-state index in [2.05, 4.69) is 5.32 Å². The number of halogens is 1. The molecule has 3 rings (SSSR count). The highest BCUT2D eigenvalue weighted by Gasteiger charge is 2.32. The summed E-state index contributed by atoms with van der Waals surface area (Å²) < 4.78 is 39.0. The van der Waals surface area contributed by atoms with Crippen molar-refractivity contribution in [2.24, 2.45) is 0 Å². The van der Waals surface area contributed by atoms with Crippen LogP contribution in [0.25, 0.3) is 0 Å². The fraction of sp³-hybridized carbons (Fsp3) is 0.250. The zero-order valence-electron chi connectivity index (χ0n) is 16.4. The van der Waals surface area contributed by atoms with Crippen LogP contribution in [-0.4, -0.2) is 56.0 Å². The summed E-state index contributed by atoms with van der Waals surface area (Å²) in [5.41, 5.74) is 0.890. The summed E-state index contributed by atoms with van der Waals surface area (Å²) >= 11 is 0. The molecule has 0 aromatic heterocycles. The molecule has 0 atom stereocenters. The summed E-state index contributed by atoms with van der Waals surface area (Å²) in [4.78, 5) is 37.1. The van der Waals surface area contributed by atoms with Crippen LogP contribution in [0.2, 0.25) is 0 Å². The van der Waals surface area contributed by atoms with E-state index in [0.717, 1.165) is 21.3 Å². The third-order valence-corrected chi connectivity index (χ3v) is 6.64. The molecule has 158 valence electrons. The highest BCUT2D eigenvalue weighted by molar-refractivity contribution is 7.89. The van der Waals surface area contributed by atoms with Crippen molar-refractivity contribution in [3.63, 3.8) is 0 Å². The predicted molar refractivity (Wildman–Crippen MR) is 107 cm³/mol. The van der Waals surface area contributed by atoms with Crippen molar-refractivity contribution in [2.75, 3.05) is 26.0 Å². The second-order valence-corrected chi connectivity index (χ2v) is 8.91. The average Bonchev–Trinajstić information content (AvgIpc) is 2.92. The monoisotopic (exact) mass is 433 g/mol. The minimum atomic E-state index is -3.78. The number of carbonyl (C=O) groups excluding carboxylic acids is 3. The van der Waals surface area contributed by atoms with E-state index in [-0.39, 0.29) is 41.3 Å². The Morgan fingerprint density at radius 3 is 2.37 bits per heavy atom. The fourth-order valence-corrected chi connectivity index (χ4v) is 4.24. The SMILES string of the molecule is CN1C(=O)c2ccc(NC(=O)CCCN(C)S(=O)(=O)c3ccc(F)cc3)cc2C1=O. The average molecular weight is 433 g/mol. The van der Waals surface area contributed by atoms with Gasteiger partial charge < -0.3 is 5.32 Å². The lowest BCUT2D eigenvalue weighted by Crippen LogP contribution is -2.28. The van der Waals surface area contributed by atoms with Gasteiger partial charge in [-0.3, -0.25) is 19.3 Å². The van der Waals surface area contributed by atoms with Gasteiger partial charge in [0.25, 0.3) is 11.8 Å². The number of anilines is 1. The zero-order valence-corrected chi connectivity index (χ0v) is 17.2. The van der Waals surface area contributed by atoms with Gasteiger partial charge in [0.1, 0.15) is 5.82 Å². The molecule has 0 saturated heterocycles. The second kappa shape index (κ2) is 8.33. The Labute approximate surface area is 173 Å². The lowest BCUT2D eigenvalue weighted by molar-refractivity contribution is -0.116. The fourth-order valence-electron chi connectivity index (χ4n) is 3.03. The lowest BCUT2D eigenvalue weighted by atomic mass is 10.1. The maximum atomic E-state index is 13.0. The Balaban J connectivity index is 1.55. The highest BCUT2D eigenvalue weighted by Crippen LogP contribution is 2.25. The summed E-state index contributed by atoms with van der Waals surface area (Å²) in [7, 11) is -1.00. The molecule has 30 heavy (non-hydrogen) atoms. The van der Waals surface area contributed by atoms with Crippen molar-refractivity contribution in [1.82, 2.24) is 9.21 Å². The Hall–Kier alpha value is -3.11. The maximum absolute atomic E-state index is 13.0. The minimum absolute atomic E-state index is 0.0295. The van der Waals surface area contributed by atoms with Gasteiger partial charge in [-0.1, -0.05) is 0 Å². The number of nitrogens with one attached hydrogen (secondary N) is 1. The molecule has 10 heteroatoms. The van der Waals surface area contributed by atoms with Crippen LogP contribution in [0.4, 0.5) is 10.1 Å². The quantitative estimate of drug-likeness (QED) is 0.674. The summed E-state index contributed by atoms with van der Waals surface area (Å²) in [6.07, 6.45) is 0.307. The molecule has 0 unspecified atom stereocenters. The third-order valence-electron chi connectivity index (χ3n) is 4.77. The number of carbonyl (C=O) groups is 3. The van der Waals surface area contributed by atoms with Crippen LogP contribution in [-0.2, 0) is 14.8 Å². The number of hydrogen-bond donors (Lipinski definition) is 1. The van der Waals surface area contributed by atoms with Gasteiger partial charge in [-0.05, 0) is 48.9 Å². The topological polar surface area (TPSA) is 104 Å². The smallest absolute Gasteiger partial charge is 0.261 e. The lowest BCUT2D eigenvalue weighted by Gasteiger charge is -2.17. The van der Waals surface area contributed by atoms with E-state index >= 15 is 0 Å². The van der Waals surface area contributed by atoms with Gasteiger partial charge in [0.15, 0.2) is 0 Å². The van der Waals surface area contributed by atoms with Crippen LogP contribution in [0, 0.1) is 5.82 Å². The largest absolute Gasteiger partial charge is 0.326 e. The van der Waals surface area contributed by atoms with Gasteiger partial charge in [0.2, 0.25) is 15.9 Å². The predicted octanol–water partition coefficient (Wildman–Crippen LogP) is 2.09. The van der Waals surface area contributed by atoms with Gasteiger partial charge in [0, 0.05) is 32.7 Å². The van der Waals surface area contributed by atoms with Crippen molar-refractivity contribution in [1.29, 1.82) is 0 Å². The number of nitrogens with zero attached hydrogens (tertiary/aromatic N) is 2. The van der Waals surface area contributed by atoms with Crippen molar-refractivity contribution in [3.8, 4) is 0 Å². The van der Waals surface area contributed by atoms with Gasteiger partial charge in [-0.15, -0.1) is 0 Å². The van der Waals surface area contributed by atoms with Crippen LogP contribution in [0.1, 0.15) is 33.6 Å². The molecular formula is C20H20FN3O5S. The molecule has 2 aromatic carbocycles. The molecule has 2 aromatic rings. The van der Waals surface area contributed by atoms with Gasteiger partial charge >= 0.3 is 0 Å². The maximum Gasteiger partial charge on any atom is 0.261 e. The summed E-state index contributed by atoms with van der Waals surface area (Å²) in [6.45, 7) is 0.0924. The first-order chi connectivity index (χ1) is 14.1. The van der Waals surface area contributed by atoms with Crippen molar-refractivity contribution in [2.45, 2.75) is 17.7 Å². The number of rotatable bonds is 7. The van der Waals surface area contributed by atoms with E-state index in [1.807, 2.05) is 0 Å². The van der Waals surface area contributed by atoms with E-state index in [4.69, 9.17) is 0 Å². The summed E-state index contributed by atoms with van der Waals surface area (Å²) in [5, 5.41) is 2.64. The van der Waals surface area contributed by atoms with Crippen LogP contribution in [0.5, 0.6) is 0 Å². The van der Waals surface area contributed by atoms with Crippen LogP contribution < -0.4 is 5.32 Å². The Kier molecular flexibility index (Phi) is 5.99. The number of imide groups is 1. The van der Waals surface area contributed by atoms with E-state index in [0.29, 0.717) is 5.69 Å². The first-order valence-corrected chi connectivity index (χ1v) is 10.5. The first kappa shape index (κ1) is 21.6. The summed E-state index contributed by atoms with van der Waals surface area (Å²) in [6, 6.07) is 8.98. The molecular weight excluding hydrogens is 413 g/mol. The number of amides is 3. The summed E-state index contributed by atoms with van der Waals surface area (Å²) in [5.74, 6) is -1.71. The second-order valence-electron chi connectivity index (χ2n) is 6.86. The van der Waals surface area contributed by atoms with Crippen molar-refractivity contribution >= 4 is 33.4 Å². The molecule has 0 radical (unpaired) electrons. The molecule has 0 saturated carbocycles. The normalized spacial score (nSPS) is 13.7. The standard InChI is InChI=1S/C20H20FN3O5S/c1-23(30(28,29)15-8-5-13(21)6-9-15)11-3-4-18(25)22-14-7-10-16-17(12-14)20(27)24(2)19(16)26/h5-10,12H,3-4,11H2,1-2H3,(H,22,25). The molecule has 0 spiro atoms. The molecule has 8 nitrogen and oxygen atoms in total. The first-order valence-electron chi connectivity index (χ1n) is 9.09. The van der Waals surface area contributed by atoms with Crippen LogP contribution >= 0.6 is 0 Å². The highest BCUT2D eigenvalue weighted by atomic mass is 32.2. The zero-order chi connectivity index (χ0) is 22.1. The minimum Gasteiger partial charge on any atom is -0.326 e. The molecule has 1 aliphatic heterocycles. The van der Waals surface area contributed by atoms with Crippen molar-refractivity contribution in [3.05, 3.63) is 59.4 Å². The van der Waals surface area contributed by atoms with Crippen molar-refractivity contribution < 1.29 is 27.2 Å². The molecule has 1 N–H and O–H groups in total. The molecule has 1 aliphatic rings. The molecule has 0 fully saturated rings. The number of fused-ring (bicyclic) bond motifs is 1.